The number of benzene rings is 1. The fourth-order valence-electron chi connectivity index (χ4n) is 1.75. The summed E-state index contributed by atoms with van der Waals surface area (Å²) in [6.07, 6.45) is 2.97. The maximum atomic E-state index is 13.4. The Morgan fingerprint density at radius 1 is 1.20 bits per heavy atom. The molecule has 0 unspecified atom stereocenters. The van der Waals surface area contributed by atoms with E-state index < -0.39 is 17.5 Å². The summed E-state index contributed by atoms with van der Waals surface area (Å²) in [5.74, 6) is -2.04. The number of nitrogens with one attached hydrogen (secondary N) is 1. The molecule has 0 saturated heterocycles. The fourth-order valence-corrected chi connectivity index (χ4v) is 1.75. The molecule has 20 heavy (non-hydrogen) atoms. The summed E-state index contributed by atoms with van der Waals surface area (Å²) in [4.78, 5) is 12.0. The van der Waals surface area contributed by atoms with Crippen LogP contribution in [0.4, 0.5) is 14.5 Å². The van der Waals surface area contributed by atoms with Crippen LogP contribution in [0.15, 0.2) is 42.9 Å². The Kier molecular flexibility index (Phi) is 2.86. The smallest absolute Gasteiger partial charge is 0.257 e. The van der Waals surface area contributed by atoms with Gasteiger partial charge in [0.1, 0.15) is 18.0 Å². The highest BCUT2D eigenvalue weighted by Crippen LogP contribution is 2.16. The first kappa shape index (κ1) is 12.2. The van der Waals surface area contributed by atoms with Crippen LogP contribution in [0.25, 0.3) is 5.65 Å². The predicted octanol–water partition coefficient (Wildman–Crippen LogP) is 2.26. The third-order valence-corrected chi connectivity index (χ3v) is 2.73. The summed E-state index contributed by atoms with van der Waals surface area (Å²) in [7, 11) is 0. The van der Waals surface area contributed by atoms with Gasteiger partial charge in [-0.25, -0.2) is 8.78 Å². The average molecular weight is 274 g/mol. The Morgan fingerprint density at radius 3 is 2.85 bits per heavy atom. The molecule has 0 radical (unpaired) electrons. The van der Waals surface area contributed by atoms with Gasteiger partial charge in [0, 0.05) is 12.3 Å². The lowest BCUT2D eigenvalue weighted by atomic mass is 10.2. The standard InChI is InChI=1S/C13H8F2N4O/c14-9-2-3-11(10(15)5-9)17-13(20)8-1-4-12-18-16-7-19(12)6-8/h1-7H,(H,17,20). The van der Waals surface area contributed by atoms with Gasteiger partial charge >= 0.3 is 0 Å². The lowest BCUT2D eigenvalue weighted by molar-refractivity contribution is 0.102. The van der Waals surface area contributed by atoms with Crippen molar-refractivity contribution in [3.8, 4) is 0 Å². The Hall–Kier alpha value is -2.83. The van der Waals surface area contributed by atoms with Crippen molar-refractivity contribution in [2.75, 3.05) is 5.32 Å². The first-order valence-electron chi connectivity index (χ1n) is 5.69. The molecule has 100 valence electrons. The average Bonchev–Trinajstić information content (AvgIpc) is 2.89. The minimum atomic E-state index is -0.830. The van der Waals surface area contributed by atoms with Crippen LogP contribution in [0.3, 0.4) is 0 Å². The van der Waals surface area contributed by atoms with Gasteiger partial charge in [0.2, 0.25) is 0 Å². The van der Waals surface area contributed by atoms with Gasteiger partial charge in [0.15, 0.2) is 5.65 Å². The Balaban J connectivity index is 1.88. The molecular formula is C13H8F2N4O. The second kappa shape index (κ2) is 4.69. The van der Waals surface area contributed by atoms with Gasteiger partial charge in [0.05, 0.1) is 11.3 Å². The van der Waals surface area contributed by atoms with E-state index in [2.05, 4.69) is 15.5 Å². The van der Waals surface area contributed by atoms with E-state index in [0.29, 0.717) is 17.3 Å². The van der Waals surface area contributed by atoms with E-state index in [9.17, 15) is 13.6 Å². The van der Waals surface area contributed by atoms with Crippen LogP contribution in [0.5, 0.6) is 0 Å². The molecule has 0 aliphatic heterocycles. The van der Waals surface area contributed by atoms with E-state index in [0.717, 1.165) is 6.07 Å². The predicted molar refractivity (Wildman–Crippen MR) is 67.3 cm³/mol. The molecule has 1 N–H and O–H groups in total. The quantitative estimate of drug-likeness (QED) is 0.779. The second-order valence-corrected chi connectivity index (χ2v) is 4.09. The van der Waals surface area contributed by atoms with Gasteiger partial charge in [-0.05, 0) is 24.3 Å². The van der Waals surface area contributed by atoms with Gasteiger partial charge in [-0.15, -0.1) is 10.2 Å². The van der Waals surface area contributed by atoms with Gasteiger partial charge in [-0.1, -0.05) is 0 Å². The van der Waals surface area contributed by atoms with E-state index in [1.807, 2.05) is 0 Å². The summed E-state index contributed by atoms with van der Waals surface area (Å²) in [6.45, 7) is 0. The molecule has 0 atom stereocenters. The third kappa shape index (κ3) is 2.20. The Morgan fingerprint density at radius 2 is 2.05 bits per heavy atom. The highest BCUT2D eigenvalue weighted by Gasteiger charge is 2.11. The molecular weight excluding hydrogens is 266 g/mol. The lowest BCUT2D eigenvalue weighted by Gasteiger charge is -2.06. The first-order valence-corrected chi connectivity index (χ1v) is 5.69. The summed E-state index contributed by atoms with van der Waals surface area (Å²) < 4.78 is 27.8. The number of amides is 1. The number of carbonyl (C=O) groups is 1. The number of aromatic nitrogens is 3. The highest BCUT2D eigenvalue weighted by molar-refractivity contribution is 6.04. The number of hydrogen-bond donors (Lipinski definition) is 1. The minimum absolute atomic E-state index is 0.0831. The molecule has 2 heterocycles. The van der Waals surface area contributed by atoms with Crippen LogP contribution >= 0.6 is 0 Å². The molecule has 3 aromatic rings. The molecule has 5 nitrogen and oxygen atoms in total. The molecule has 0 saturated carbocycles. The van der Waals surface area contributed by atoms with Gasteiger partial charge < -0.3 is 5.32 Å². The molecule has 2 aromatic heterocycles. The monoisotopic (exact) mass is 274 g/mol. The van der Waals surface area contributed by atoms with Gasteiger partial charge in [0.25, 0.3) is 5.91 Å². The summed E-state index contributed by atoms with van der Waals surface area (Å²) in [6, 6.07) is 6.10. The molecule has 0 aliphatic rings. The molecule has 1 aromatic carbocycles. The number of anilines is 1. The van der Waals surface area contributed by atoms with Crippen molar-refractivity contribution in [2.24, 2.45) is 0 Å². The number of pyridine rings is 1. The zero-order chi connectivity index (χ0) is 14.1. The van der Waals surface area contributed by atoms with Gasteiger partial charge in [-0.2, -0.15) is 0 Å². The Bertz CT molecular complexity index is 800. The number of halogens is 2. The zero-order valence-corrected chi connectivity index (χ0v) is 10.0. The van der Waals surface area contributed by atoms with Gasteiger partial charge in [-0.3, -0.25) is 9.20 Å². The fraction of sp³-hybridized carbons (Fsp3) is 0. The van der Waals surface area contributed by atoms with Crippen molar-refractivity contribution in [1.82, 2.24) is 14.6 Å². The molecule has 1 amide bonds. The maximum Gasteiger partial charge on any atom is 0.257 e. The molecule has 7 heteroatoms. The lowest BCUT2D eigenvalue weighted by Crippen LogP contribution is -2.13. The van der Waals surface area contributed by atoms with Crippen molar-refractivity contribution < 1.29 is 13.6 Å². The molecule has 0 bridgehead atoms. The van der Waals surface area contributed by atoms with E-state index in [-0.39, 0.29) is 5.69 Å². The van der Waals surface area contributed by atoms with Crippen molar-refractivity contribution in [3.63, 3.8) is 0 Å². The van der Waals surface area contributed by atoms with Crippen LogP contribution in [-0.4, -0.2) is 20.5 Å². The van der Waals surface area contributed by atoms with Crippen molar-refractivity contribution in [2.45, 2.75) is 0 Å². The number of rotatable bonds is 2. The highest BCUT2D eigenvalue weighted by atomic mass is 19.1. The van der Waals surface area contributed by atoms with E-state index in [4.69, 9.17) is 0 Å². The van der Waals surface area contributed by atoms with Crippen molar-refractivity contribution >= 4 is 17.2 Å². The van der Waals surface area contributed by atoms with E-state index in [1.54, 1.807) is 16.5 Å². The van der Waals surface area contributed by atoms with E-state index in [1.165, 1.54) is 18.6 Å². The summed E-state index contributed by atoms with van der Waals surface area (Å²) >= 11 is 0. The number of fused-ring (bicyclic) bond motifs is 1. The Labute approximate surface area is 111 Å². The first-order chi connectivity index (χ1) is 9.63. The van der Waals surface area contributed by atoms with Crippen LogP contribution in [0.1, 0.15) is 10.4 Å². The second-order valence-electron chi connectivity index (χ2n) is 4.09. The molecule has 3 rings (SSSR count). The zero-order valence-electron chi connectivity index (χ0n) is 10.0. The minimum Gasteiger partial charge on any atom is -0.319 e. The van der Waals surface area contributed by atoms with Crippen molar-refractivity contribution in [1.29, 1.82) is 0 Å². The normalized spacial score (nSPS) is 10.7. The summed E-state index contributed by atoms with van der Waals surface area (Å²) in [5.41, 5.74) is 0.816. The van der Waals surface area contributed by atoms with E-state index >= 15 is 0 Å². The maximum absolute atomic E-state index is 13.4. The van der Waals surface area contributed by atoms with Crippen molar-refractivity contribution in [3.05, 3.63) is 60.1 Å². The number of carbonyl (C=O) groups excluding carboxylic acids is 1. The third-order valence-electron chi connectivity index (χ3n) is 2.73. The SMILES string of the molecule is O=C(Nc1ccc(F)cc1F)c1ccc2nncn2c1. The summed E-state index contributed by atoms with van der Waals surface area (Å²) in [5, 5.41) is 9.87. The number of hydrogen-bond acceptors (Lipinski definition) is 3. The van der Waals surface area contributed by atoms with Crippen LogP contribution < -0.4 is 5.32 Å². The number of nitrogens with zero attached hydrogens (tertiary/aromatic N) is 3. The van der Waals surface area contributed by atoms with Crippen LogP contribution in [0, 0.1) is 11.6 Å². The van der Waals surface area contributed by atoms with Crippen LogP contribution in [0.2, 0.25) is 0 Å². The largest absolute Gasteiger partial charge is 0.319 e. The topological polar surface area (TPSA) is 59.3 Å². The van der Waals surface area contributed by atoms with Crippen LogP contribution in [-0.2, 0) is 0 Å². The molecule has 0 aliphatic carbocycles. The molecule has 0 fully saturated rings. The molecule has 0 spiro atoms.